The van der Waals surface area contributed by atoms with Crippen molar-refractivity contribution in [3.8, 4) is 5.75 Å². The van der Waals surface area contributed by atoms with Gasteiger partial charge >= 0.3 is 0 Å². The van der Waals surface area contributed by atoms with Crippen LogP contribution in [0.4, 0.5) is 0 Å². The SMILES string of the molecule is O=C1CSC(=S)N1/N=C/c1cccc(OCc2ccc(Cl)cc2)c1. The first-order valence-electron chi connectivity index (χ1n) is 7.13. The topological polar surface area (TPSA) is 41.9 Å². The second-order valence-corrected chi connectivity index (χ2v) is 7.04. The van der Waals surface area contributed by atoms with Crippen molar-refractivity contribution in [3.63, 3.8) is 0 Å². The number of hydrogen-bond donors (Lipinski definition) is 0. The first-order valence-corrected chi connectivity index (χ1v) is 8.90. The van der Waals surface area contributed by atoms with E-state index in [-0.39, 0.29) is 5.91 Å². The maximum atomic E-state index is 11.6. The number of thiocarbonyl (C=S) groups is 1. The number of carbonyl (C=O) groups is 1. The zero-order valence-corrected chi connectivity index (χ0v) is 14.9. The minimum atomic E-state index is -0.101. The molecule has 0 aromatic heterocycles. The summed E-state index contributed by atoms with van der Waals surface area (Å²) in [7, 11) is 0. The summed E-state index contributed by atoms with van der Waals surface area (Å²) in [6, 6.07) is 15.0. The molecule has 0 aliphatic carbocycles. The largest absolute Gasteiger partial charge is 0.489 e. The van der Waals surface area contributed by atoms with Crippen molar-refractivity contribution in [1.29, 1.82) is 0 Å². The molecular weight excluding hydrogens is 364 g/mol. The van der Waals surface area contributed by atoms with Crippen molar-refractivity contribution in [1.82, 2.24) is 5.01 Å². The summed E-state index contributed by atoms with van der Waals surface area (Å²) in [6.07, 6.45) is 1.60. The van der Waals surface area contributed by atoms with Crippen molar-refractivity contribution in [3.05, 3.63) is 64.7 Å². The van der Waals surface area contributed by atoms with Gasteiger partial charge in [-0.1, -0.05) is 59.8 Å². The highest BCUT2D eigenvalue weighted by atomic mass is 35.5. The number of rotatable bonds is 5. The van der Waals surface area contributed by atoms with Gasteiger partial charge in [-0.15, -0.1) is 0 Å². The van der Waals surface area contributed by atoms with Gasteiger partial charge in [-0.3, -0.25) is 4.79 Å². The molecule has 0 atom stereocenters. The van der Waals surface area contributed by atoms with Gasteiger partial charge in [-0.05, 0) is 35.4 Å². The normalized spacial score (nSPS) is 14.6. The quantitative estimate of drug-likeness (QED) is 0.581. The molecule has 1 aliphatic heterocycles. The van der Waals surface area contributed by atoms with Crippen LogP contribution in [0.1, 0.15) is 11.1 Å². The Morgan fingerprint density at radius 1 is 1.29 bits per heavy atom. The predicted molar refractivity (Wildman–Crippen MR) is 102 cm³/mol. The van der Waals surface area contributed by atoms with E-state index in [1.54, 1.807) is 6.21 Å². The highest BCUT2D eigenvalue weighted by Gasteiger charge is 2.25. The van der Waals surface area contributed by atoms with E-state index in [4.69, 9.17) is 28.6 Å². The summed E-state index contributed by atoms with van der Waals surface area (Å²) in [4.78, 5) is 11.6. The molecule has 3 rings (SSSR count). The van der Waals surface area contributed by atoms with Gasteiger partial charge in [0.05, 0.1) is 12.0 Å². The van der Waals surface area contributed by atoms with E-state index in [0.29, 0.717) is 21.7 Å². The fourth-order valence-corrected chi connectivity index (χ4v) is 3.11. The summed E-state index contributed by atoms with van der Waals surface area (Å²) in [5.74, 6) is 0.968. The highest BCUT2D eigenvalue weighted by molar-refractivity contribution is 8.23. The van der Waals surface area contributed by atoms with Crippen LogP contribution < -0.4 is 4.74 Å². The van der Waals surface area contributed by atoms with Gasteiger partial charge < -0.3 is 4.74 Å². The lowest BCUT2D eigenvalue weighted by Crippen LogP contribution is -2.22. The predicted octanol–water partition coefficient (Wildman–Crippen LogP) is 4.11. The summed E-state index contributed by atoms with van der Waals surface area (Å²) < 4.78 is 6.25. The van der Waals surface area contributed by atoms with Gasteiger partial charge in [-0.2, -0.15) is 10.1 Å². The van der Waals surface area contributed by atoms with Gasteiger partial charge in [-0.25, -0.2) is 0 Å². The second kappa shape index (κ2) is 7.79. The van der Waals surface area contributed by atoms with E-state index in [2.05, 4.69) is 5.10 Å². The van der Waals surface area contributed by atoms with Crippen molar-refractivity contribution in [2.75, 3.05) is 5.75 Å². The summed E-state index contributed by atoms with van der Waals surface area (Å²) >= 11 is 12.3. The molecule has 0 bridgehead atoms. The third-order valence-electron chi connectivity index (χ3n) is 3.23. The van der Waals surface area contributed by atoms with E-state index in [9.17, 15) is 4.79 Å². The average molecular weight is 377 g/mol. The van der Waals surface area contributed by atoms with Crippen LogP contribution in [0.2, 0.25) is 5.02 Å². The second-order valence-electron chi connectivity index (χ2n) is 4.99. The van der Waals surface area contributed by atoms with E-state index < -0.39 is 0 Å². The summed E-state index contributed by atoms with van der Waals surface area (Å²) in [5, 5.41) is 6.10. The van der Waals surface area contributed by atoms with E-state index in [0.717, 1.165) is 16.9 Å². The van der Waals surface area contributed by atoms with E-state index in [1.165, 1.54) is 16.8 Å². The molecule has 0 N–H and O–H groups in total. The Hall–Kier alpha value is -1.89. The lowest BCUT2D eigenvalue weighted by atomic mass is 10.2. The molecule has 2 aromatic carbocycles. The van der Waals surface area contributed by atoms with Crippen LogP contribution >= 0.6 is 35.6 Å². The van der Waals surface area contributed by atoms with Crippen LogP contribution in [0.15, 0.2) is 53.6 Å². The fourth-order valence-electron chi connectivity index (χ4n) is 2.02. The molecular formula is C17H13ClN2O2S2. The molecule has 0 saturated carbocycles. The molecule has 0 radical (unpaired) electrons. The molecule has 24 heavy (non-hydrogen) atoms. The molecule has 2 aromatic rings. The van der Waals surface area contributed by atoms with Gasteiger partial charge in [0.2, 0.25) is 0 Å². The van der Waals surface area contributed by atoms with Crippen LogP contribution in [0.25, 0.3) is 0 Å². The van der Waals surface area contributed by atoms with Crippen LogP contribution in [0.5, 0.6) is 5.75 Å². The Morgan fingerprint density at radius 2 is 2.08 bits per heavy atom. The van der Waals surface area contributed by atoms with Gasteiger partial charge in [0.25, 0.3) is 5.91 Å². The third-order valence-corrected chi connectivity index (χ3v) is 4.82. The van der Waals surface area contributed by atoms with Crippen LogP contribution in [0.3, 0.4) is 0 Å². The zero-order valence-electron chi connectivity index (χ0n) is 12.5. The number of hydrogen-bond acceptors (Lipinski definition) is 5. The number of halogens is 1. The van der Waals surface area contributed by atoms with Gasteiger partial charge in [0.1, 0.15) is 12.4 Å². The Morgan fingerprint density at radius 3 is 2.79 bits per heavy atom. The lowest BCUT2D eigenvalue weighted by Gasteiger charge is -2.08. The number of thioether (sulfide) groups is 1. The fraction of sp³-hybridized carbons (Fsp3) is 0.118. The first kappa shape index (κ1) is 17.0. The smallest absolute Gasteiger partial charge is 0.259 e. The molecule has 7 heteroatoms. The van der Waals surface area contributed by atoms with Crippen LogP contribution in [-0.4, -0.2) is 27.2 Å². The van der Waals surface area contributed by atoms with Crippen LogP contribution in [-0.2, 0) is 11.4 Å². The molecule has 1 aliphatic rings. The minimum absolute atomic E-state index is 0.101. The Labute approximate surface area is 154 Å². The zero-order chi connectivity index (χ0) is 16.9. The molecule has 4 nitrogen and oxygen atoms in total. The maximum Gasteiger partial charge on any atom is 0.259 e. The number of benzene rings is 2. The lowest BCUT2D eigenvalue weighted by molar-refractivity contribution is -0.123. The highest BCUT2D eigenvalue weighted by Crippen LogP contribution is 2.20. The standard InChI is InChI=1S/C17H13ClN2O2S2/c18-14-6-4-12(5-7-14)10-22-15-3-1-2-13(8-15)9-19-20-16(21)11-24-17(20)23/h1-9H,10-11H2/b19-9+. The monoisotopic (exact) mass is 376 g/mol. The van der Waals surface area contributed by atoms with E-state index >= 15 is 0 Å². The number of hydrazone groups is 1. The van der Waals surface area contributed by atoms with Crippen molar-refractivity contribution >= 4 is 52.0 Å². The third kappa shape index (κ3) is 4.35. The molecule has 0 unspecified atom stereocenters. The van der Waals surface area contributed by atoms with Crippen molar-refractivity contribution in [2.45, 2.75) is 6.61 Å². The minimum Gasteiger partial charge on any atom is -0.489 e. The summed E-state index contributed by atoms with van der Waals surface area (Å²) in [5.41, 5.74) is 1.86. The Kier molecular flexibility index (Phi) is 5.50. The van der Waals surface area contributed by atoms with Gasteiger partial charge in [0, 0.05) is 5.02 Å². The Bertz CT molecular complexity index is 777. The number of carbonyl (C=O) groups excluding carboxylic acids is 1. The van der Waals surface area contributed by atoms with Crippen molar-refractivity contribution < 1.29 is 9.53 Å². The van der Waals surface area contributed by atoms with Gasteiger partial charge in [0.15, 0.2) is 4.32 Å². The molecule has 1 amide bonds. The molecule has 122 valence electrons. The molecule has 1 saturated heterocycles. The average Bonchev–Trinajstić information content (AvgIpc) is 2.91. The molecule has 0 spiro atoms. The van der Waals surface area contributed by atoms with E-state index in [1.807, 2.05) is 48.5 Å². The maximum absolute atomic E-state index is 11.6. The number of nitrogens with zero attached hydrogens (tertiary/aromatic N) is 2. The van der Waals surface area contributed by atoms with Crippen molar-refractivity contribution in [2.24, 2.45) is 5.10 Å². The van der Waals surface area contributed by atoms with Crippen LogP contribution in [0, 0.1) is 0 Å². The summed E-state index contributed by atoms with van der Waals surface area (Å²) in [6.45, 7) is 0.448. The number of amides is 1. The first-order chi connectivity index (χ1) is 11.6. The molecule has 1 fully saturated rings. The molecule has 1 heterocycles. The Balaban J connectivity index is 1.64. The number of ether oxygens (including phenoxy) is 1.